The van der Waals surface area contributed by atoms with Gasteiger partial charge >= 0.3 is 0 Å². The van der Waals surface area contributed by atoms with Gasteiger partial charge in [-0.05, 0) is 13.8 Å². The summed E-state index contributed by atoms with van der Waals surface area (Å²) in [4.78, 5) is 0. The van der Waals surface area contributed by atoms with Crippen molar-refractivity contribution < 1.29 is 14.3 Å². The summed E-state index contributed by atoms with van der Waals surface area (Å²) in [5, 5.41) is 15.1. The summed E-state index contributed by atoms with van der Waals surface area (Å²) in [6.07, 6.45) is 0. The van der Waals surface area contributed by atoms with Crippen LogP contribution in [0, 0.1) is 0 Å². The zero-order valence-electron chi connectivity index (χ0n) is 7.20. The van der Waals surface area contributed by atoms with Gasteiger partial charge in [0.05, 0.1) is 5.27 Å². The summed E-state index contributed by atoms with van der Waals surface area (Å²) < 4.78 is 6.08. The summed E-state index contributed by atoms with van der Waals surface area (Å²) in [6.45, 7) is 6.02. The van der Waals surface area contributed by atoms with Crippen LogP contribution < -0.4 is 9.79 Å². The molecule has 1 aromatic rings. The molecule has 5 heteroatoms. The molecule has 0 N–H and O–H groups in total. The summed E-state index contributed by atoms with van der Waals surface area (Å²) in [5.41, 5.74) is 0.667. The maximum Gasteiger partial charge on any atom is 0.250 e. The minimum Gasteiger partial charge on any atom is -0.539 e. The number of rotatable bonds is 0. The van der Waals surface area contributed by atoms with E-state index in [2.05, 4.69) is 9.79 Å². The molecule has 0 radical (unpaired) electrons. The van der Waals surface area contributed by atoms with Gasteiger partial charge in [-0.2, -0.15) is 0 Å². The van der Waals surface area contributed by atoms with Crippen LogP contribution in [0.5, 0.6) is 5.95 Å². The molecule has 2 rings (SSSR count). The predicted octanol–water partition coefficient (Wildman–Crippen LogP) is 0.536. The molecule has 0 saturated heterocycles. The molecule has 0 amide bonds. The normalized spacial score (nSPS) is 25.8. The molecule has 66 valence electrons. The lowest BCUT2D eigenvalue weighted by Gasteiger charge is -2.10. The lowest BCUT2D eigenvalue weighted by atomic mass is 10.1. The molecule has 0 spiro atoms. The smallest absolute Gasteiger partial charge is 0.250 e. The van der Waals surface area contributed by atoms with Crippen LogP contribution in [-0.4, -0.2) is 5.27 Å². The van der Waals surface area contributed by atoms with E-state index < -0.39 is 0 Å². The van der Waals surface area contributed by atoms with Crippen molar-refractivity contribution in [3.8, 4) is 5.95 Å². The molecular formula is C7H10N2O2S. The third-order valence-corrected chi connectivity index (χ3v) is 3.34. The Hall–Kier alpha value is -0.710. The first kappa shape index (κ1) is 7.91. The van der Waals surface area contributed by atoms with Crippen molar-refractivity contribution in [2.24, 2.45) is 0 Å². The number of hydrogen-bond acceptors (Lipinski definition) is 4. The molecule has 0 aromatic carbocycles. The largest absolute Gasteiger partial charge is 0.539 e. The van der Waals surface area contributed by atoms with Crippen molar-refractivity contribution in [3.05, 3.63) is 5.69 Å². The van der Waals surface area contributed by atoms with Crippen molar-refractivity contribution in [3.63, 3.8) is 0 Å². The van der Waals surface area contributed by atoms with Gasteiger partial charge in [0.15, 0.2) is 5.95 Å². The molecule has 1 aromatic heterocycles. The molecule has 0 aliphatic carbocycles. The third-order valence-electron chi connectivity index (χ3n) is 2.01. The van der Waals surface area contributed by atoms with Crippen LogP contribution in [0.15, 0.2) is 4.52 Å². The number of thioether (sulfide) groups is 1. The molecule has 0 bridgehead atoms. The summed E-state index contributed by atoms with van der Waals surface area (Å²) >= 11 is 1.71. The topological polar surface area (TPSA) is 53.0 Å². The number of aromatic nitrogens is 2. The van der Waals surface area contributed by atoms with E-state index in [4.69, 9.17) is 0 Å². The maximum absolute atomic E-state index is 11.2. The molecule has 0 saturated carbocycles. The van der Waals surface area contributed by atoms with Crippen molar-refractivity contribution in [1.29, 1.82) is 0 Å². The van der Waals surface area contributed by atoms with Gasteiger partial charge in [0.1, 0.15) is 4.75 Å². The first-order valence-corrected chi connectivity index (χ1v) is 4.67. The van der Waals surface area contributed by atoms with E-state index in [1.807, 2.05) is 20.8 Å². The molecule has 2 heterocycles. The quantitative estimate of drug-likeness (QED) is 0.555. The van der Waals surface area contributed by atoms with E-state index in [0.717, 1.165) is 0 Å². The highest BCUT2D eigenvalue weighted by molar-refractivity contribution is 8.00. The van der Waals surface area contributed by atoms with E-state index in [1.165, 1.54) is 0 Å². The second-order valence-corrected chi connectivity index (χ2v) is 5.32. The zero-order chi connectivity index (χ0) is 8.93. The fourth-order valence-corrected chi connectivity index (χ4v) is 2.95. The third kappa shape index (κ3) is 0.857. The van der Waals surface area contributed by atoms with E-state index in [1.54, 1.807) is 16.4 Å². The minimum absolute atomic E-state index is 0.170. The van der Waals surface area contributed by atoms with Crippen molar-refractivity contribution >= 4 is 11.8 Å². The molecule has 1 aliphatic heterocycles. The second-order valence-electron chi connectivity index (χ2n) is 3.38. The van der Waals surface area contributed by atoms with E-state index in [9.17, 15) is 5.11 Å². The molecule has 1 aliphatic rings. The Morgan fingerprint density at radius 2 is 2.33 bits per heavy atom. The minimum atomic E-state index is -0.308. The van der Waals surface area contributed by atoms with E-state index >= 15 is 0 Å². The molecule has 4 nitrogen and oxygen atoms in total. The summed E-state index contributed by atoms with van der Waals surface area (Å²) in [5.74, 6) is -0.308. The summed E-state index contributed by atoms with van der Waals surface area (Å²) in [7, 11) is 0. The Balaban J connectivity index is 2.61. The Labute approximate surface area is 74.5 Å². The van der Waals surface area contributed by atoms with E-state index in [-0.39, 0.29) is 16.1 Å². The van der Waals surface area contributed by atoms with Gasteiger partial charge in [0, 0.05) is 6.92 Å². The average Bonchev–Trinajstić information content (AvgIpc) is 2.38. The Kier molecular flexibility index (Phi) is 1.42. The highest BCUT2D eigenvalue weighted by atomic mass is 32.2. The van der Waals surface area contributed by atoms with Crippen molar-refractivity contribution in [1.82, 2.24) is 5.27 Å². The Morgan fingerprint density at radius 3 is 2.92 bits per heavy atom. The molecular weight excluding hydrogens is 176 g/mol. The van der Waals surface area contributed by atoms with Gasteiger partial charge in [0.25, 0.3) is 0 Å². The molecule has 12 heavy (non-hydrogen) atoms. The highest BCUT2D eigenvalue weighted by Gasteiger charge is 2.47. The molecule has 1 unspecified atom stereocenters. The van der Waals surface area contributed by atoms with Crippen LogP contribution in [0.2, 0.25) is 0 Å². The zero-order valence-corrected chi connectivity index (χ0v) is 8.01. The Morgan fingerprint density at radius 1 is 1.67 bits per heavy atom. The molecule has 0 fully saturated rings. The van der Waals surface area contributed by atoms with Crippen molar-refractivity contribution in [2.75, 3.05) is 0 Å². The number of nitrogens with zero attached hydrogens (tertiary/aromatic N) is 2. The van der Waals surface area contributed by atoms with Crippen LogP contribution >= 0.6 is 11.8 Å². The SMILES string of the molecule is CC1SC(C)(C)c2c([O-])on[n+]21. The fourth-order valence-electron chi connectivity index (χ4n) is 1.56. The van der Waals surface area contributed by atoms with Crippen LogP contribution in [0.1, 0.15) is 31.8 Å². The fraction of sp³-hybridized carbons (Fsp3) is 0.714. The average molecular weight is 186 g/mol. The standard InChI is InChI=1S/C7H10N2O2S/c1-4-9-5(6(10)11-8-9)7(2,3)12-4/h4H,1-3H3. The van der Waals surface area contributed by atoms with Crippen LogP contribution in [-0.2, 0) is 4.75 Å². The Bertz CT molecular complexity index is 321. The van der Waals surface area contributed by atoms with Gasteiger partial charge in [-0.25, -0.2) is 0 Å². The first-order chi connectivity index (χ1) is 5.52. The summed E-state index contributed by atoms with van der Waals surface area (Å²) in [6, 6.07) is 0. The van der Waals surface area contributed by atoms with Gasteiger partial charge in [-0.3, -0.25) is 0 Å². The number of hydrogen-bond donors (Lipinski definition) is 0. The van der Waals surface area contributed by atoms with Gasteiger partial charge in [0.2, 0.25) is 11.1 Å². The van der Waals surface area contributed by atoms with E-state index in [0.29, 0.717) is 5.69 Å². The van der Waals surface area contributed by atoms with Crippen molar-refractivity contribution in [2.45, 2.75) is 30.9 Å². The lowest BCUT2D eigenvalue weighted by molar-refractivity contribution is -0.764. The lowest BCUT2D eigenvalue weighted by Crippen LogP contribution is -2.38. The molecule has 1 atom stereocenters. The highest BCUT2D eigenvalue weighted by Crippen LogP contribution is 2.47. The predicted molar refractivity (Wildman–Crippen MR) is 41.5 cm³/mol. The maximum atomic E-state index is 11.2. The second kappa shape index (κ2) is 2.16. The van der Waals surface area contributed by atoms with Crippen LogP contribution in [0.4, 0.5) is 0 Å². The monoisotopic (exact) mass is 186 g/mol. The van der Waals surface area contributed by atoms with Crippen LogP contribution in [0.3, 0.4) is 0 Å². The van der Waals surface area contributed by atoms with Gasteiger partial charge < -0.3 is 9.63 Å². The number of fused-ring (bicyclic) bond motifs is 1. The van der Waals surface area contributed by atoms with Gasteiger partial charge in [-0.15, -0.1) is 0 Å². The van der Waals surface area contributed by atoms with Gasteiger partial charge in [-0.1, -0.05) is 16.4 Å². The van der Waals surface area contributed by atoms with Crippen LogP contribution in [0.25, 0.3) is 0 Å². The first-order valence-electron chi connectivity index (χ1n) is 3.79.